The molecule has 1 saturated carbocycles. The van der Waals surface area contributed by atoms with Crippen LogP contribution < -0.4 is 0 Å². The molecule has 2 aliphatic rings. The quantitative estimate of drug-likeness (QED) is 0.740. The predicted octanol–water partition coefficient (Wildman–Crippen LogP) is 1.90. The first kappa shape index (κ1) is 19.9. The van der Waals surface area contributed by atoms with Gasteiger partial charge in [0.1, 0.15) is 10.6 Å². The van der Waals surface area contributed by atoms with Crippen LogP contribution in [-0.4, -0.2) is 64.7 Å². The third-order valence-corrected chi connectivity index (χ3v) is 7.23. The Morgan fingerprint density at radius 2 is 1.83 bits per heavy atom. The van der Waals surface area contributed by atoms with Crippen molar-refractivity contribution in [1.82, 2.24) is 24.2 Å². The summed E-state index contributed by atoms with van der Waals surface area (Å²) in [5.41, 5.74) is 1.09. The number of hydrogen-bond acceptors (Lipinski definition) is 6. The van der Waals surface area contributed by atoms with E-state index in [0.717, 1.165) is 12.8 Å². The van der Waals surface area contributed by atoms with Crippen LogP contribution in [0.3, 0.4) is 0 Å². The second kappa shape index (κ2) is 7.79. The lowest BCUT2D eigenvalue weighted by Crippen LogP contribution is -2.51. The number of aromatic nitrogens is 3. The molecule has 2 aromatic rings. The van der Waals surface area contributed by atoms with Crippen LogP contribution in [0.1, 0.15) is 38.3 Å². The summed E-state index contributed by atoms with van der Waals surface area (Å²) in [5, 5.41) is 0. The number of sulfonamides is 1. The van der Waals surface area contributed by atoms with Crippen molar-refractivity contribution >= 4 is 15.9 Å². The SMILES string of the molecule is CC(C)c1nc(-c2ccccn2)ncc1S(=O)(=O)N1CCN(C(=O)C2CC2)CC1. The van der Waals surface area contributed by atoms with Gasteiger partial charge in [-0.1, -0.05) is 19.9 Å². The molecular formula is C20H25N5O3S. The van der Waals surface area contributed by atoms with Gasteiger partial charge in [-0.2, -0.15) is 4.31 Å². The first-order chi connectivity index (χ1) is 13.9. The highest BCUT2D eigenvalue weighted by atomic mass is 32.2. The second-order valence-electron chi connectivity index (χ2n) is 7.82. The zero-order chi connectivity index (χ0) is 20.6. The molecule has 1 aliphatic heterocycles. The number of carbonyl (C=O) groups is 1. The molecule has 2 fully saturated rings. The molecule has 2 aromatic heterocycles. The third kappa shape index (κ3) is 4.02. The van der Waals surface area contributed by atoms with Gasteiger partial charge in [-0.3, -0.25) is 9.78 Å². The summed E-state index contributed by atoms with van der Waals surface area (Å²) in [6.45, 7) is 5.27. The highest BCUT2D eigenvalue weighted by molar-refractivity contribution is 7.89. The number of nitrogens with zero attached hydrogens (tertiary/aromatic N) is 5. The van der Waals surface area contributed by atoms with Gasteiger partial charge in [0, 0.05) is 38.3 Å². The van der Waals surface area contributed by atoms with Crippen molar-refractivity contribution in [3.8, 4) is 11.5 Å². The Hall–Kier alpha value is -2.39. The van der Waals surface area contributed by atoms with Gasteiger partial charge in [0.2, 0.25) is 15.9 Å². The Bertz CT molecular complexity index is 998. The molecule has 0 N–H and O–H groups in total. The Labute approximate surface area is 171 Å². The van der Waals surface area contributed by atoms with E-state index in [1.807, 2.05) is 19.9 Å². The number of rotatable bonds is 5. The van der Waals surface area contributed by atoms with Crippen LogP contribution in [0.15, 0.2) is 35.5 Å². The van der Waals surface area contributed by atoms with Gasteiger partial charge in [0.15, 0.2) is 5.82 Å². The molecular weight excluding hydrogens is 390 g/mol. The molecule has 0 spiro atoms. The average molecular weight is 416 g/mol. The van der Waals surface area contributed by atoms with Crippen LogP contribution in [-0.2, 0) is 14.8 Å². The van der Waals surface area contributed by atoms with Gasteiger partial charge < -0.3 is 4.90 Å². The number of piperazine rings is 1. The van der Waals surface area contributed by atoms with E-state index in [1.54, 1.807) is 23.2 Å². The Kier molecular flexibility index (Phi) is 5.35. The molecule has 29 heavy (non-hydrogen) atoms. The fourth-order valence-corrected chi connectivity index (χ4v) is 5.14. The first-order valence-electron chi connectivity index (χ1n) is 9.95. The maximum absolute atomic E-state index is 13.3. The van der Waals surface area contributed by atoms with Gasteiger partial charge >= 0.3 is 0 Å². The van der Waals surface area contributed by atoms with Crippen LogP contribution in [0.2, 0.25) is 0 Å². The lowest BCUT2D eigenvalue weighted by molar-refractivity contribution is -0.133. The number of hydrogen-bond donors (Lipinski definition) is 0. The number of carbonyl (C=O) groups excluding carboxylic acids is 1. The Morgan fingerprint density at radius 1 is 1.10 bits per heavy atom. The lowest BCUT2D eigenvalue weighted by atomic mass is 10.1. The molecule has 0 unspecified atom stereocenters. The van der Waals surface area contributed by atoms with E-state index in [0.29, 0.717) is 43.4 Å². The molecule has 0 atom stereocenters. The predicted molar refractivity (Wildman–Crippen MR) is 107 cm³/mol. The maximum atomic E-state index is 13.3. The summed E-state index contributed by atoms with van der Waals surface area (Å²) in [4.78, 5) is 27.2. The van der Waals surface area contributed by atoms with E-state index in [-0.39, 0.29) is 22.6 Å². The lowest BCUT2D eigenvalue weighted by Gasteiger charge is -2.34. The molecule has 1 amide bonds. The van der Waals surface area contributed by atoms with E-state index in [9.17, 15) is 13.2 Å². The van der Waals surface area contributed by atoms with E-state index in [1.165, 1.54) is 10.5 Å². The van der Waals surface area contributed by atoms with E-state index in [2.05, 4.69) is 15.0 Å². The van der Waals surface area contributed by atoms with Crippen LogP contribution in [0, 0.1) is 5.92 Å². The maximum Gasteiger partial charge on any atom is 0.246 e. The number of pyridine rings is 1. The van der Waals surface area contributed by atoms with Crippen LogP contribution >= 0.6 is 0 Å². The normalized spacial score (nSPS) is 18.2. The second-order valence-corrected chi connectivity index (χ2v) is 9.72. The van der Waals surface area contributed by atoms with Crippen molar-refractivity contribution < 1.29 is 13.2 Å². The van der Waals surface area contributed by atoms with E-state index < -0.39 is 10.0 Å². The van der Waals surface area contributed by atoms with Crippen molar-refractivity contribution in [1.29, 1.82) is 0 Å². The highest BCUT2D eigenvalue weighted by Gasteiger charge is 2.37. The van der Waals surface area contributed by atoms with Gasteiger partial charge in [-0.05, 0) is 30.9 Å². The molecule has 0 aromatic carbocycles. The van der Waals surface area contributed by atoms with Crippen LogP contribution in [0.5, 0.6) is 0 Å². The summed E-state index contributed by atoms with van der Waals surface area (Å²) in [5.74, 6) is 0.627. The molecule has 9 heteroatoms. The zero-order valence-electron chi connectivity index (χ0n) is 16.7. The van der Waals surface area contributed by atoms with Crippen molar-refractivity contribution in [2.45, 2.75) is 37.5 Å². The fourth-order valence-electron chi connectivity index (χ4n) is 3.49. The first-order valence-corrected chi connectivity index (χ1v) is 11.4. The van der Waals surface area contributed by atoms with Crippen LogP contribution in [0.4, 0.5) is 0 Å². The third-order valence-electron chi connectivity index (χ3n) is 5.32. The molecule has 0 radical (unpaired) electrons. The highest BCUT2D eigenvalue weighted by Crippen LogP contribution is 2.32. The summed E-state index contributed by atoms with van der Waals surface area (Å²) in [7, 11) is -3.74. The standard InChI is InChI=1S/C20H25N5O3S/c1-14(2)18-17(13-22-19(23-18)16-5-3-4-8-21-16)29(27,28)25-11-9-24(10-12-25)20(26)15-6-7-15/h3-5,8,13-15H,6-7,9-12H2,1-2H3. The van der Waals surface area contributed by atoms with Gasteiger partial charge in [0.25, 0.3) is 0 Å². The monoisotopic (exact) mass is 415 g/mol. The molecule has 154 valence electrons. The molecule has 0 bridgehead atoms. The largest absolute Gasteiger partial charge is 0.340 e. The summed E-state index contributed by atoms with van der Waals surface area (Å²) in [6.07, 6.45) is 4.95. The Morgan fingerprint density at radius 3 is 2.41 bits per heavy atom. The number of amides is 1. The Balaban J connectivity index is 1.58. The van der Waals surface area contributed by atoms with Crippen molar-refractivity contribution in [3.05, 3.63) is 36.3 Å². The summed E-state index contributed by atoms with van der Waals surface area (Å²) < 4.78 is 28.1. The van der Waals surface area contributed by atoms with Gasteiger partial charge in [-0.25, -0.2) is 18.4 Å². The minimum absolute atomic E-state index is 0.0945. The van der Waals surface area contributed by atoms with E-state index in [4.69, 9.17) is 0 Å². The topological polar surface area (TPSA) is 96.4 Å². The zero-order valence-corrected chi connectivity index (χ0v) is 17.5. The summed E-state index contributed by atoms with van der Waals surface area (Å²) >= 11 is 0. The van der Waals surface area contributed by atoms with Crippen LogP contribution in [0.25, 0.3) is 11.5 Å². The fraction of sp³-hybridized carbons (Fsp3) is 0.500. The molecule has 1 aliphatic carbocycles. The molecule has 1 saturated heterocycles. The van der Waals surface area contributed by atoms with Crippen molar-refractivity contribution in [3.63, 3.8) is 0 Å². The molecule has 8 nitrogen and oxygen atoms in total. The van der Waals surface area contributed by atoms with Gasteiger partial charge in [-0.15, -0.1) is 0 Å². The summed E-state index contributed by atoms with van der Waals surface area (Å²) in [6, 6.07) is 5.44. The smallest absolute Gasteiger partial charge is 0.246 e. The van der Waals surface area contributed by atoms with Crippen molar-refractivity contribution in [2.75, 3.05) is 26.2 Å². The van der Waals surface area contributed by atoms with E-state index >= 15 is 0 Å². The minimum Gasteiger partial charge on any atom is -0.340 e. The average Bonchev–Trinajstić information content (AvgIpc) is 3.59. The molecule has 4 rings (SSSR count). The minimum atomic E-state index is -3.74. The molecule has 3 heterocycles. The van der Waals surface area contributed by atoms with Gasteiger partial charge in [0.05, 0.1) is 11.9 Å². The van der Waals surface area contributed by atoms with Crippen molar-refractivity contribution in [2.24, 2.45) is 5.92 Å².